The van der Waals surface area contributed by atoms with Gasteiger partial charge in [0.1, 0.15) is 0 Å². The van der Waals surface area contributed by atoms with Crippen LogP contribution in [0.1, 0.15) is 56.5 Å². The first-order valence-corrected chi connectivity index (χ1v) is 12.0. The molecule has 32 heavy (non-hydrogen) atoms. The van der Waals surface area contributed by atoms with E-state index in [0.29, 0.717) is 29.6 Å². The van der Waals surface area contributed by atoms with Crippen LogP contribution in [0.4, 0.5) is 10.5 Å². The lowest BCUT2D eigenvalue weighted by Gasteiger charge is -2.43. The molecule has 2 fully saturated rings. The number of ether oxygens (including phenoxy) is 1. The number of hydrogen-bond acceptors (Lipinski definition) is 4. The number of rotatable bonds is 6. The van der Waals surface area contributed by atoms with Gasteiger partial charge in [0.05, 0.1) is 13.2 Å². The van der Waals surface area contributed by atoms with Gasteiger partial charge in [0.25, 0.3) is 5.91 Å². The normalized spacial score (nSPS) is 24.0. The van der Waals surface area contributed by atoms with Crippen LogP contribution in [0.15, 0.2) is 18.2 Å². The third-order valence-electron chi connectivity index (χ3n) is 7.05. The topological polar surface area (TPSA) is 73.9 Å². The summed E-state index contributed by atoms with van der Waals surface area (Å²) < 4.78 is 5.47. The van der Waals surface area contributed by atoms with Crippen molar-refractivity contribution >= 4 is 17.6 Å². The molecule has 3 amide bonds. The smallest absolute Gasteiger partial charge is 0.319 e. The van der Waals surface area contributed by atoms with Crippen LogP contribution >= 0.6 is 0 Å². The molecular formula is C25H40N4O3. The molecule has 3 unspecified atom stereocenters. The summed E-state index contributed by atoms with van der Waals surface area (Å²) in [6.07, 6.45) is 2.09. The van der Waals surface area contributed by atoms with Gasteiger partial charge in [0.15, 0.2) is 0 Å². The zero-order valence-electron chi connectivity index (χ0n) is 20.4. The number of amides is 3. The van der Waals surface area contributed by atoms with Gasteiger partial charge in [-0.3, -0.25) is 9.69 Å². The van der Waals surface area contributed by atoms with E-state index in [0.717, 1.165) is 57.8 Å². The Labute approximate surface area is 192 Å². The third-order valence-corrected chi connectivity index (χ3v) is 7.05. The summed E-state index contributed by atoms with van der Waals surface area (Å²) in [7, 11) is 0. The maximum atomic E-state index is 13.1. The van der Waals surface area contributed by atoms with E-state index in [4.69, 9.17) is 4.74 Å². The first kappa shape index (κ1) is 24.5. The maximum absolute atomic E-state index is 13.1. The predicted molar refractivity (Wildman–Crippen MR) is 128 cm³/mol. The van der Waals surface area contributed by atoms with Gasteiger partial charge < -0.3 is 20.3 Å². The van der Waals surface area contributed by atoms with Crippen molar-refractivity contribution in [3.63, 3.8) is 0 Å². The molecule has 178 valence electrons. The van der Waals surface area contributed by atoms with Crippen LogP contribution in [0.2, 0.25) is 0 Å². The van der Waals surface area contributed by atoms with Gasteiger partial charge in [0, 0.05) is 49.5 Å². The first-order chi connectivity index (χ1) is 15.2. The average molecular weight is 445 g/mol. The SMILES string of the molecule is CCC(C)(CNC(=O)Nc1cc(C(=O)N2CC(C)CC(C)C2)ccc1C)N1CCOCC1. The fourth-order valence-electron chi connectivity index (χ4n) is 4.90. The highest BCUT2D eigenvalue weighted by Crippen LogP contribution is 2.25. The van der Waals surface area contributed by atoms with Crippen LogP contribution in [0.5, 0.6) is 0 Å². The number of carbonyl (C=O) groups excluding carboxylic acids is 2. The molecule has 2 aliphatic heterocycles. The largest absolute Gasteiger partial charge is 0.379 e. The standard InChI is InChI=1S/C25H40N4O3/c1-6-25(5,29-9-11-32-12-10-29)17-26-24(31)27-22-14-21(8-7-20(22)4)23(30)28-15-18(2)13-19(3)16-28/h7-8,14,18-19H,6,9-13,15-17H2,1-5H3,(H2,26,27,31). The molecule has 2 saturated heterocycles. The molecule has 7 nitrogen and oxygen atoms in total. The zero-order chi connectivity index (χ0) is 23.3. The Morgan fingerprint density at radius 2 is 1.81 bits per heavy atom. The fourth-order valence-corrected chi connectivity index (χ4v) is 4.90. The molecule has 2 aliphatic rings. The Hall–Kier alpha value is -2.12. The molecule has 0 aromatic heterocycles. The number of nitrogens with zero attached hydrogens (tertiary/aromatic N) is 2. The number of aryl methyl sites for hydroxylation is 1. The number of hydrogen-bond donors (Lipinski definition) is 2. The summed E-state index contributed by atoms with van der Waals surface area (Å²) in [4.78, 5) is 30.1. The second-order valence-corrected chi connectivity index (χ2v) is 9.94. The number of urea groups is 1. The van der Waals surface area contributed by atoms with Crippen molar-refractivity contribution in [3.05, 3.63) is 29.3 Å². The van der Waals surface area contributed by atoms with E-state index in [1.165, 1.54) is 0 Å². The molecular weight excluding hydrogens is 404 g/mol. The van der Waals surface area contributed by atoms with E-state index in [1.54, 1.807) is 0 Å². The fraction of sp³-hybridized carbons (Fsp3) is 0.680. The minimum atomic E-state index is -0.245. The molecule has 0 saturated carbocycles. The summed E-state index contributed by atoms with van der Waals surface area (Å²) in [6.45, 7) is 16.0. The minimum Gasteiger partial charge on any atom is -0.379 e. The van der Waals surface area contributed by atoms with Crippen molar-refractivity contribution in [3.8, 4) is 0 Å². The van der Waals surface area contributed by atoms with Crippen LogP contribution in [0.25, 0.3) is 0 Å². The molecule has 2 N–H and O–H groups in total. The summed E-state index contributed by atoms with van der Waals surface area (Å²) in [5, 5.41) is 6.00. The van der Waals surface area contributed by atoms with E-state index in [-0.39, 0.29) is 17.5 Å². The molecule has 2 heterocycles. The lowest BCUT2D eigenvalue weighted by molar-refractivity contribution is -0.0163. The number of anilines is 1. The number of likely N-dealkylation sites (tertiary alicyclic amines) is 1. The Bertz CT molecular complexity index is 798. The summed E-state index contributed by atoms with van der Waals surface area (Å²) in [5.41, 5.74) is 2.12. The average Bonchev–Trinajstić information content (AvgIpc) is 2.78. The van der Waals surface area contributed by atoms with Gasteiger partial charge in [0.2, 0.25) is 0 Å². The predicted octanol–water partition coefficient (Wildman–Crippen LogP) is 3.74. The molecule has 0 bridgehead atoms. The molecule has 0 spiro atoms. The van der Waals surface area contributed by atoms with E-state index in [9.17, 15) is 9.59 Å². The lowest BCUT2D eigenvalue weighted by atomic mass is 9.91. The van der Waals surface area contributed by atoms with Crippen molar-refractivity contribution < 1.29 is 14.3 Å². The molecule has 3 rings (SSSR count). The Balaban J connectivity index is 1.62. The van der Waals surface area contributed by atoms with Gasteiger partial charge in [-0.05, 0) is 56.2 Å². The van der Waals surface area contributed by atoms with E-state index in [2.05, 4.69) is 43.2 Å². The maximum Gasteiger partial charge on any atom is 0.319 e. The number of benzene rings is 1. The first-order valence-electron chi connectivity index (χ1n) is 12.0. The van der Waals surface area contributed by atoms with E-state index in [1.807, 2.05) is 30.0 Å². The summed E-state index contributed by atoms with van der Waals surface area (Å²) in [5.74, 6) is 1.06. The molecule has 7 heteroatoms. The van der Waals surface area contributed by atoms with Crippen molar-refractivity contribution in [2.45, 2.75) is 53.0 Å². The Kier molecular flexibility index (Phi) is 8.17. The van der Waals surface area contributed by atoms with Gasteiger partial charge in [-0.2, -0.15) is 0 Å². The highest BCUT2D eigenvalue weighted by Gasteiger charge is 2.32. The Morgan fingerprint density at radius 1 is 1.16 bits per heavy atom. The molecule has 1 aromatic carbocycles. The lowest BCUT2D eigenvalue weighted by Crippen LogP contribution is -2.57. The number of carbonyl (C=O) groups is 2. The van der Waals surface area contributed by atoms with Gasteiger partial charge in [-0.1, -0.05) is 26.8 Å². The second-order valence-electron chi connectivity index (χ2n) is 9.94. The van der Waals surface area contributed by atoms with Gasteiger partial charge in [-0.25, -0.2) is 4.79 Å². The van der Waals surface area contributed by atoms with Crippen LogP contribution in [-0.4, -0.2) is 73.2 Å². The van der Waals surface area contributed by atoms with Gasteiger partial charge >= 0.3 is 6.03 Å². The minimum absolute atomic E-state index is 0.0396. The van der Waals surface area contributed by atoms with E-state index >= 15 is 0 Å². The number of nitrogens with one attached hydrogen (secondary N) is 2. The van der Waals surface area contributed by atoms with Crippen molar-refractivity contribution in [1.29, 1.82) is 0 Å². The molecule has 3 atom stereocenters. The van der Waals surface area contributed by atoms with Crippen molar-refractivity contribution in [2.75, 3.05) is 51.3 Å². The van der Waals surface area contributed by atoms with E-state index < -0.39 is 0 Å². The highest BCUT2D eigenvalue weighted by atomic mass is 16.5. The van der Waals surface area contributed by atoms with Gasteiger partial charge in [-0.15, -0.1) is 0 Å². The van der Waals surface area contributed by atoms with Crippen LogP contribution in [0.3, 0.4) is 0 Å². The monoisotopic (exact) mass is 444 g/mol. The number of morpholine rings is 1. The third kappa shape index (κ3) is 6.01. The van der Waals surface area contributed by atoms with Crippen LogP contribution < -0.4 is 10.6 Å². The Morgan fingerprint density at radius 3 is 2.44 bits per heavy atom. The summed E-state index contributed by atoms with van der Waals surface area (Å²) in [6, 6.07) is 5.33. The highest BCUT2D eigenvalue weighted by molar-refractivity contribution is 5.97. The molecule has 0 aliphatic carbocycles. The quantitative estimate of drug-likeness (QED) is 0.701. The second kappa shape index (κ2) is 10.7. The zero-order valence-corrected chi connectivity index (χ0v) is 20.4. The van der Waals surface area contributed by atoms with Crippen molar-refractivity contribution in [2.24, 2.45) is 11.8 Å². The van der Waals surface area contributed by atoms with Crippen molar-refractivity contribution in [1.82, 2.24) is 15.1 Å². The molecule has 0 radical (unpaired) electrons. The van der Waals surface area contributed by atoms with Crippen LogP contribution in [0, 0.1) is 18.8 Å². The molecule has 1 aromatic rings. The number of piperidine rings is 1. The van der Waals surface area contributed by atoms with Crippen LogP contribution in [-0.2, 0) is 4.74 Å². The summed E-state index contributed by atoms with van der Waals surface area (Å²) >= 11 is 0.